The Hall–Kier alpha value is -1.37. The summed E-state index contributed by atoms with van der Waals surface area (Å²) >= 11 is 0. The zero-order valence-corrected chi connectivity index (χ0v) is 9.33. The van der Waals surface area contributed by atoms with E-state index in [9.17, 15) is 4.79 Å². The van der Waals surface area contributed by atoms with Gasteiger partial charge >= 0.3 is 0 Å². The second-order valence-corrected chi connectivity index (χ2v) is 3.85. The van der Waals surface area contributed by atoms with Gasteiger partial charge < -0.3 is 4.79 Å². The summed E-state index contributed by atoms with van der Waals surface area (Å²) in [5.74, 6) is 0.255. The summed E-state index contributed by atoms with van der Waals surface area (Å²) in [4.78, 5) is 10.8. The Balaban J connectivity index is 2.48. The summed E-state index contributed by atoms with van der Waals surface area (Å²) in [6.07, 6.45) is 5.51. The van der Waals surface area contributed by atoms with E-state index in [4.69, 9.17) is 0 Å². The minimum absolute atomic E-state index is 0.255. The van der Waals surface area contributed by atoms with Gasteiger partial charge in [0.2, 0.25) is 0 Å². The van der Waals surface area contributed by atoms with E-state index in [2.05, 4.69) is 30.8 Å². The highest BCUT2D eigenvalue weighted by Gasteiger charge is 1.97. The average molecular weight is 202 g/mol. The summed E-state index contributed by atoms with van der Waals surface area (Å²) in [7, 11) is 0. The third-order valence-corrected chi connectivity index (χ3v) is 2.43. The van der Waals surface area contributed by atoms with Crippen LogP contribution < -0.4 is 0 Å². The van der Waals surface area contributed by atoms with Gasteiger partial charge in [-0.3, -0.25) is 0 Å². The fourth-order valence-corrected chi connectivity index (χ4v) is 1.46. The van der Waals surface area contributed by atoms with Crippen LogP contribution in [0.1, 0.15) is 30.9 Å². The first-order chi connectivity index (χ1) is 7.22. The molecule has 0 N–H and O–H groups in total. The Labute approximate surface area is 91.8 Å². The summed E-state index contributed by atoms with van der Waals surface area (Å²) in [5.41, 5.74) is 2.58. The summed E-state index contributed by atoms with van der Waals surface area (Å²) in [6, 6.07) is 8.50. The lowest BCUT2D eigenvalue weighted by Crippen LogP contribution is -1.94. The Morgan fingerprint density at radius 3 is 2.20 bits per heavy atom. The van der Waals surface area contributed by atoms with Gasteiger partial charge in [-0.1, -0.05) is 30.3 Å². The van der Waals surface area contributed by atoms with E-state index in [1.165, 1.54) is 11.1 Å². The van der Waals surface area contributed by atoms with Crippen molar-refractivity contribution in [3.63, 3.8) is 0 Å². The van der Waals surface area contributed by atoms with E-state index in [1.54, 1.807) is 6.92 Å². The van der Waals surface area contributed by atoms with E-state index < -0.39 is 0 Å². The van der Waals surface area contributed by atoms with Crippen LogP contribution in [-0.2, 0) is 17.6 Å². The van der Waals surface area contributed by atoms with Gasteiger partial charge in [0.25, 0.3) is 0 Å². The number of aryl methyl sites for hydroxylation is 2. The van der Waals surface area contributed by atoms with Crippen molar-refractivity contribution in [3.05, 3.63) is 48.0 Å². The van der Waals surface area contributed by atoms with Crippen LogP contribution in [0.2, 0.25) is 0 Å². The molecule has 0 heterocycles. The van der Waals surface area contributed by atoms with Gasteiger partial charge in [0.1, 0.15) is 5.78 Å². The molecule has 0 unspecified atom stereocenters. The Morgan fingerprint density at radius 2 is 1.73 bits per heavy atom. The fourth-order valence-electron chi connectivity index (χ4n) is 1.46. The standard InChI is InChI=1S/C14H18O/c1-3-4-5-13-8-10-14(11-9-13)7-6-12(2)15/h3,8-11H,1,4-7H2,2H3. The number of rotatable bonds is 6. The van der Waals surface area contributed by atoms with Gasteiger partial charge in [-0.25, -0.2) is 0 Å². The van der Waals surface area contributed by atoms with Crippen molar-refractivity contribution in [2.24, 2.45) is 0 Å². The number of hydrogen-bond acceptors (Lipinski definition) is 1. The van der Waals surface area contributed by atoms with Gasteiger partial charge in [-0.2, -0.15) is 0 Å². The number of allylic oxidation sites excluding steroid dienone is 1. The van der Waals surface area contributed by atoms with Crippen molar-refractivity contribution in [2.75, 3.05) is 0 Å². The number of carbonyl (C=O) groups is 1. The molecule has 15 heavy (non-hydrogen) atoms. The molecule has 0 atom stereocenters. The molecule has 1 heteroatoms. The first kappa shape index (κ1) is 11.7. The van der Waals surface area contributed by atoms with Crippen molar-refractivity contribution >= 4 is 5.78 Å². The predicted molar refractivity (Wildman–Crippen MR) is 64.0 cm³/mol. The van der Waals surface area contributed by atoms with Crippen LogP contribution in [0.15, 0.2) is 36.9 Å². The quantitative estimate of drug-likeness (QED) is 0.647. The Morgan fingerprint density at radius 1 is 1.20 bits per heavy atom. The molecular weight excluding hydrogens is 184 g/mol. The summed E-state index contributed by atoms with van der Waals surface area (Å²) in [5, 5.41) is 0. The van der Waals surface area contributed by atoms with Gasteiger partial charge in [0.05, 0.1) is 0 Å². The van der Waals surface area contributed by atoms with E-state index in [0.717, 1.165) is 19.3 Å². The molecule has 0 aromatic heterocycles. The number of benzene rings is 1. The lowest BCUT2D eigenvalue weighted by molar-refractivity contribution is -0.116. The number of ketones is 1. The molecule has 0 aliphatic carbocycles. The highest BCUT2D eigenvalue weighted by Crippen LogP contribution is 2.08. The van der Waals surface area contributed by atoms with Crippen molar-refractivity contribution in [2.45, 2.75) is 32.6 Å². The number of carbonyl (C=O) groups excluding carboxylic acids is 1. The smallest absolute Gasteiger partial charge is 0.130 e. The second-order valence-electron chi connectivity index (χ2n) is 3.85. The Bertz CT molecular complexity index is 322. The number of hydrogen-bond donors (Lipinski definition) is 0. The van der Waals surface area contributed by atoms with Crippen LogP contribution in [0.4, 0.5) is 0 Å². The monoisotopic (exact) mass is 202 g/mol. The molecule has 0 bridgehead atoms. The van der Waals surface area contributed by atoms with E-state index >= 15 is 0 Å². The minimum atomic E-state index is 0.255. The van der Waals surface area contributed by atoms with Gasteiger partial charge in [0, 0.05) is 6.42 Å². The molecule has 0 saturated heterocycles. The highest BCUT2D eigenvalue weighted by molar-refractivity contribution is 5.75. The summed E-state index contributed by atoms with van der Waals surface area (Å²) in [6.45, 7) is 5.34. The van der Waals surface area contributed by atoms with Crippen molar-refractivity contribution in [1.82, 2.24) is 0 Å². The lowest BCUT2D eigenvalue weighted by atomic mass is 10.0. The van der Waals surface area contributed by atoms with E-state index in [1.807, 2.05) is 6.08 Å². The normalized spacial score (nSPS) is 9.93. The molecule has 0 aliphatic heterocycles. The molecule has 0 fully saturated rings. The fraction of sp³-hybridized carbons (Fsp3) is 0.357. The Kier molecular flexibility index (Phi) is 4.82. The molecule has 0 saturated carbocycles. The SMILES string of the molecule is C=CCCc1ccc(CCC(C)=O)cc1. The van der Waals surface area contributed by atoms with E-state index in [0.29, 0.717) is 6.42 Å². The van der Waals surface area contributed by atoms with Crippen LogP contribution in [0.3, 0.4) is 0 Å². The van der Waals surface area contributed by atoms with Crippen LogP contribution in [-0.4, -0.2) is 5.78 Å². The van der Waals surface area contributed by atoms with Gasteiger partial charge in [-0.05, 0) is 37.3 Å². The zero-order chi connectivity index (χ0) is 11.1. The zero-order valence-electron chi connectivity index (χ0n) is 9.33. The molecule has 0 aliphatic rings. The molecule has 0 radical (unpaired) electrons. The molecule has 1 aromatic rings. The van der Waals surface area contributed by atoms with Crippen molar-refractivity contribution < 1.29 is 4.79 Å². The maximum Gasteiger partial charge on any atom is 0.130 e. The molecular formula is C14H18O. The van der Waals surface area contributed by atoms with Crippen LogP contribution in [0.5, 0.6) is 0 Å². The average Bonchev–Trinajstić information content (AvgIpc) is 2.25. The molecule has 1 rings (SSSR count). The maximum atomic E-state index is 10.8. The molecule has 80 valence electrons. The minimum Gasteiger partial charge on any atom is -0.300 e. The van der Waals surface area contributed by atoms with Crippen molar-refractivity contribution in [3.8, 4) is 0 Å². The first-order valence-corrected chi connectivity index (χ1v) is 5.40. The third kappa shape index (κ3) is 4.59. The van der Waals surface area contributed by atoms with E-state index in [-0.39, 0.29) is 5.78 Å². The lowest BCUT2D eigenvalue weighted by Gasteiger charge is -2.02. The second kappa shape index (κ2) is 6.18. The highest BCUT2D eigenvalue weighted by atomic mass is 16.1. The first-order valence-electron chi connectivity index (χ1n) is 5.40. The van der Waals surface area contributed by atoms with Crippen LogP contribution in [0, 0.1) is 0 Å². The van der Waals surface area contributed by atoms with Crippen molar-refractivity contribution in [1.29, 1.82) is 0 Å². The van der Waals surface area contributed by atoms with Gasteiger partial charge in [-0.15, -0.1) is 6.58 Å². The predicted octanol–water partition coefficient (Wildman–Crippen LogP) is 3.33. The van der Waals surface area contributed by atoms with Crippen LogP contribution >= 0.6 is 0 Å². The van der Waals surface area contributed by atoms with Gasteiger partial charge in [0.15, 0.2) is 0 Å². The number of Topliss-reactive ketones (excluding diaryl/α,β-unsaturated/α-hetero) is 1. The summed E-state index contributed by atoms with van der Waals surface area (Å²) < 4.78 is 0. The molecule has 0 spiro atoms. The third-order valence-electron chi connectivity index (χ3n) is 2.43. The molecule has 1 aromatic carbocycles. The largest absolute Gasteiger partial charge is 0.300 e. The van der Waals surface area contributed by atoms with Crippen LogP contribution in [0.25, 0.3) is 0 Å². The molecule has 0 amide bonds. The molecule has 1 nitrogen and oxygen atoms in total. The maximum absolute atomic E-state index is 10.8. The topological polar surface area (TPSA) is 17.1 Å².